The third-order valence-electron chi connectivity index (χ3n) is 3.87. The molecule has 2 heterocycles. The topological polar surface area (TPSA) is 122 Å². The van der Waals surface area contributed by atoms with E-state index in [0.29, 0.717) is 31.9 Å². The third-order valence-corrected chi connectivity index (χ3v) is 3.87. The lowest BCUT2D eigenvalue weighted by Crippen LogP contribution is -2.48. The van der Waals surface area contributed by atoms with Crippen LogP contribution in [0, 0.1) is 0 Å². The Balaban J connectivity index is 1.93. The maximum absolute atomic E-state index is 11.7. The summed E-state index contributed by atoms with van der Waals surface area (Å²) in [5.41, 5.74) is -1.08. The molecule has 23 heavy (non-hydrogen) atoms. The van der Waals surface area contributed by atoms with Crippen molar-refractivity contribution in [2.24, 2.45) is 4.99 Å². The van der Waals surface area contributed by atoms with Crippen LogP contribution >= 0.6 is 0 Å². The zero-order valence-corrected chi connectivity index (χ0v) is 13.3. The molecule has 2 rings (SSSR count). The van der Waals surface area contributed by atoms with E-state index in [-0.39, 0.29) is 11.5 Å². The summed E-state index contributed by atoms with van der Waals surface area (Å²) in [7, 11) is 0. The molecule has 126 valence electrons. The normalized spacial score (nSPS) is 16.6. The molecule has 1 saturated heterocycles. The van der Waals surface area contributed by atoms with Gasteiger partial charge in [-0.25, -0.2) is 4.79 Å². The molecule has 0 atom stereocenters. The Morgan fingerprint density at radius 1 is 1.17 bits per heavy atom. The minimum Gasteiger partial charge on any atom is -0.494 e. The molecule has 1 aliphatic heterocycles. The number of amides is 1. The summed E-state index contributed by atoms with van der Waals surface area (Å²) in [6.07, 6.45) is 0. The number of aliphatic imine (C=N–C) groups is 1. The predicted molar refractivity (Wildman–Crippen MR) is 85.1 cm³/mol. The predicted octanol–water partition coefficient (Wildman–Crippen LogP) is -1.26. The number of H-pyrrole nitrogens is 2. The van der Waals surface area contributed by atoms with Gasteiger partial charge in [-0.3, -0.25) is 29.4 Å². The largest absolute Gasteiger partial charge is 0.494 e. The molecule has 0 saturated carbocycles. The van der Waals surface area contributed by atoms with Crippen molar-refractivity contribution in [1.82, 2.24) is 19.8 Å². The summed E-state index contributed by atoms with van der Waals surface area (Å²) >= 11 is 0. The van der Waals surface area contributed by atoms with Gasteiger partial charge in [0.1, 0.15) is 5.56 Å². The van der Waals surface area contributed by atoms with E-state index in [1.165, 1.54) is 0 Å². The van der Waals surface area contributed by atoms with Crippen molar-refractivity contribution in [1.29, 1.82) is 0 Å². The first-order valence-electron chi connectivity index (χ1n) is 7.43. The fraction of sp³-hybridized carbons (Fsp3) is 0.571. The number of aromatic nitrogens is 2. The van der Waals surface area contributed by atoms with Gasteiger partial charge in [0.15, 0.2) is 0 Å². The molecule has 9 heteroatoms. The molecular weight excluding hydrogens is 302 g/mol. The van der Waals surface area contributed by atoms with Gasteiger partial charge < -0.3 is 10.0 Å². The first kappa shape index (κ1) is 16.9. The van der Waals surface area contributed by atoms with E-state index >= 15 is 0 Å². The Kier molecular flexibility index (Phi) is 5.32. The lowest BCUT2D eigenvalue weighted by Gasteiger charge is -2.33. The molecule has 0 aromatic carbocycles. The maximum atomic E-state index is 11.7. The molecule has 1 aliphatic rings. The number of piperazine rings is 1. The maximum Gasteiger partial charge on any atom is 0.328 e. The molecule has 0 bridgehead atoms. The molecule has 1 aromatic rings. The van der Waals surface area contributed by atoms with Crippen LogP contribution in [0.25, 0.3) is 0 Å². The Hall–Kier alpha value is -2.42. The van der Waals surface area contributed by atoms with Crippen LogP contribution in [0.5, 0.6) is 5.88 Å². The molecule has 9 nitrogen and oxygen atoms in total. The van der Waals surface area contributed by atoms with Crippen molar-refractivity contribution in [3.63, 3.8) is 0 Å². The fourth-order valence-electron chi connectivity index (χ4n) is 2.53. The second-order valence-corrected chi connectivity index (χ2v) is 5.45. The Morgan fingerprint density at radius 2 is 1.83 bits per heavy atom. The number of aromatic hydroxyl groups is 1. The SMILES string of the molecule is CC(=O)N1CCN(CCN=C(C)c2c(O)[nH]c(=O)[nH]c2=O)CC1. The lowest BCUT2D eigenvalue weighted by molar-refractivity contribution is -0.130. The third kappa shape index (κ3) is 4.28. The van der Waals surface area contributed by atoms with Gasteiger partial charge >= 0.3 is 5.69 Å². The monoisotopic (exact) mass is 323 g/mol. The van der Waals surface area contributed by atoms with Gasteiger partial charge in [0, 0.05) is 45.4 Å². The molecule has 1 aromatic heterocycles. The van der Waals surface area contributed by atoms with Crippen LogP contribution < -0.4 is 11.2 Å². The summed E-state index contributed by atoms with van der Waals surface area (Å²) in [6.45, 7) is 7.33. The summed E-state index contributed by atoms with van der Waals surface area (Å²) < 4.78 is 0. The van der Waals surface area contributed by atoms with Gasteiger partial charge in [-0.1, -0.05) is 0 Å². The van der Waals surface area contributed by atoms with E-state index in [4.69, 9.17) is 0 Å². The summed E-state index contributed by atoms with van der Waals surface area (Å²) in [6, 6.07) is 0. The molecule has 1 fully saturated rings. The van der Waals surface area contributed by atoms with E-state index in [1.807, 2.05) is 4.90 Å². The van der Waals surface area contributed by atoms with Crippen molar-refractivity contribution in [2.45, 2.75) is 13.8 Å². The average Bonchev–Trinajstić information content (AvgIpc) is 2.46. The van der Waals surface area contributed by atoms with Gasteiger partial charge in [0.25, 0.3) is 5.56 Å². The van der Waals surface area contributed by atoms with E-state index in [1.54, 1.807) is 13.8 Å². The minimum absolute atomic E-state index is 0.0222. The van der Waals surface area contributed by atoms with Crippen LogP contribution in [0.2, 0.25) is 0 Å². The standard InChI is InChI=1S/C14H21N5O4/c1-9(11-12(21)16-14(23)17-13(11)22)15-3-4-18-5-7-19(8-6-18)10(2)20/h3-8H2,1-2H3,(H3,16,17,21,22,23). The molecule has 0 radical (unpaired) electrons. The van der Waals surface area contributed by atoms with E-state index in [2.05, 4.69) is 19.9 Å². The van der Waals surface area contributed by atoms with Crippen LogP contribution in [0.4, 0.5) is 0 Å². The zero-order valence-electron chi connectivity index (χ0n) is 13.3. The quantitative estimate of drug-likeness (QED) is 0.597. The van der Waals surface area contributed by atoms with Crippen molar-refractivity contribution in [3.8, 4) is 5.88 Å². The molecule has 3 N–H and O–H groups in total. The summed E-state index contributed by atoms with van der Waals surface area (Å²) in [4.78, 5) is 46.5. The number of hydrogen-bond donors (Lipinski definition) is 3. The van der Waals surface area contributed by atoms with E-state index in [0.717, 1.165) is 13.1 Å². The highest BCUT2D eigenvalue weighted by Crippen LogP contribution is 2.07. The first-order valence-corrected chi connectivity index (χ1v) is 7.43. The number of rotatable bonds is 4. The van der Waals surface area contributed by atoms with Gasteiger partial charge in [0.2, 0.25) is 11.8 Å². The summed E-state index contributed by atoms with van der Waals surface area (Å²) in [5.74, 6) is -0.388. The average molecular weight is 323 g/mol. The number of aromatic amines is 2. The molecule has 0 aliphatic carbocycles. The van der Waals surface area contributed by atoms with Crippen LogP contribution in [0.1, 0.15) is 19.4 Å². The Morgan fingerprint density at radius 3 is 2.39 bits per heavy atom. The minimum atomic E-state index is -0.757. The first-order chi connectivity index (χ1) is 10.9. The highest BCUT2D eigenvalue weighted by molar-refractivity contribution is 6.00. The molecule has 1 amide bonds. The highest BCUT2D eigenvalue weighted by atomic mass is 16.3. The van der Waals surface area contributed by atoms with Crippen molar-refractivity contribution < 1.29 is 9.90 Å². The van der Waals surface area contributed by atoms with Crippen molar-refractivity contribution >= 4 is 11.6 Å². The number of nitrogens with zero attached hydrogens (tertiary/aromatic N) is 3. The van der Waals surface area contributed by atoms with E-state index < -0.39 is 17.1 Å². The molecule has 0 unspecified atom stereocenters. The van der Waals surface area contributed by atoms with E-state index in [9.17, 15) is 19.5 Å². The fourth-order valence-corrected chi connectivity index (χ4v) is 2.53. The van der Waals surface area contributed by atoms with Crippen LogP contribution in [-0.4, -0.2) is 75.8 Å². The van der Waals surface area contributed by atoms with Gasteiger partial charge in [-0.15, -0.1) is 0 Å². The summed E-state index contributed by atoms with van der Waals surface area (Å²) in [5, 5.41) is 9.67. The lowest BCUT2D eigenvalue weighted by atomic mass is 10.2. The van der Waals surface area contributed by atoms with Gasteiger partial charge in [-0.2, -0.15) is 0 Å². The van der Waals surface area contributed by atoms with Crippen LogP contribution in [0.3, 0.4) is 0 Å². The Labute approximate surface area is 132 Å². The number of hydrogen-bond acceptors (Lipinski definition) is 6. The van der Waals surface area contributed by atoms with Crippen LogP contribution in [-0.2, 0) is 4.79 Å². The number of nitrogens with one attached hydrogen (secondary N) is 2. The second kappa shape index (κ2) is 7.23. The molecule has 0 spiro atoms. The zero-order chi connectivity index (χ0) is 17.0. The highest BCUT2D eigenvalue weighted by Gasteiger charge is 2.18. The Bertz CT molecular complexity index is 713. The van der Waals surface area contributed by atoms with Crippen LogP contribution in [0.15, 0.2) is 14.6 Å². The van der Waals surface area contributed by atoms with Gasteiger partial charge in [-0.05, 0) is 6.92 Å². The van der Waals surface area contributed by atoms with Gasteiger partial charge in [0.05, 0.1) is 6.54 Å². The second-order valence-electron chi connectivity index (χ2n) is 5.45. The number of carbonyl (C=O) groups excluding carboxylic acids is 1. The molecular formula is C14H21N5O4. The number of carbonyl (C=O) groups is 1. The van der Waals surface area contributed by atoms with Crippen molar-refractivity contribution in [2.75, 3.05) is 39.3 Å². The van der Waals surface area contributed by atoms with Crippen molar-refractivity contribution in [3.05, 3.63) is 26.4 Å². The smallest absolute Gasteiger partial charge is 0.328 e.